The van der Waals surface area contributed by atoms with Crippen LogP contribution in [0, 0.1) is 13.8 Å². The summed E-state index contributed by atoms with van der Waals surface area (Å²) in [6.07, 6.45) is 5.60. The molecule has 2 aromatic rings. The zero-order valence-electron chi connectivity index (χ0n) is 11.1. The average Bonchev–Trinajstić information content (AvgIpc) is 2.38. The third-order valence-electron chi connectivity index (χ3n) is 3.16. The summed E-state index contributed by atoms with van der Waals surface area (Å²) in [4.78, 5) is 8.62. The molecular weight excluding hydrogens is 222 g/mol. The maximum atomic E-state index is 4.38. The molecule has 1 atom stereocenters. The second kappa shape index (κ2) is 5.74. The van der Waals surface area contributed by atoms with E-state index in [0.29, 0.717) is 0 Å². The van der Waals surface area contributed by atoms with Crippen molar-refractivity contribution in [1.29, 1.82) is 0 Å². The van der Waals surface area contributed by atoms with Gasteiger partial charge in [-0.15, -0.1) is 0 Å². The van der Waals surface area contributed by atoms with E-state index in [2.05, 4.69) is 35.2 Å². The molecule has 0 amide bonds. The molecule has 0 aromatic carbocycles. The summed E-state index contributed by atoms with van der Waals surface area (Å²) < 4.78 is 0. The first-order valence-electron chi connectivity index (χ1n) is 6.29. The first-order chi connectivity index (χ1) is 8.74. The Morgan fingerprint density at radius 2 is 2.00 bits per heavy atom. The number of aromatic nitrogens is 2. The van der Waals surface area contributed by atoms with Crippen molar-refractivity contribution in [2.45, 2.75) is 26.8 Å². The Labute approximate surface area is 108 Å². The lowest BCUT2D eigenvalue weighted by Gasteiger charge is -2.21. The lowest BCUT2D eigenvalue weighted by molar-refractivity contribution is 0.620. The van der Waals surface area contributed by atoms with E-state index >= 15 is 0 Å². The number of hydrogen-bond donors (Lipinski definition) is 1. The van der Waals surface area contributed by atoms with Gasteiger partial charge in [0.25, 0.3) is 0 Å². The molecule has 0 spiro atoms. The Kier molecular flexibility index (Phi) is 4.05. The fourth-order valence-electron chi connectivity index (χ4n) is 2.17. The zero-order valence-corrected chi connectivity index (χ0v) is 11.1. The van der Waals surface area contributed by atoms with Gasteiger partial charge in [-0.1, -0.05) is 13.0 Å². The van der Waals surface area contributed by atoms with Crippen LogP contribution in [0.1, 0.15) is 35.3 Å². The highest BCUT2D eigenvalue weighted by Gasteiger charge is 2.17. The number of nitrogens with zero attached hydrogens (tertiary/aromatic N) is 2. The Morgan fingerprint density at radius 1 is 1.17 bits per heavy atom. The van der Waals surface area contributed by atoms with Crippen LogP contribution in [0.5, 0.6) is 0 Å². The monoisotopic (exact) mass is 241 g/mol. The number of pyridine rings is 2. The number of nitrogens with one attached hydrogen (secondary N) is 1. The summed E-state index contributed by atoms with van der Waals surface area (Å²) in [7, 11) is 0. The highest BCUT2D eigenvalue weighted by molar-refractivity contribution is 5.36. The smallest absolute Gasteiger partial charge is 0.0612 e. The molecule has 1 N–H and O–H groups in total. The minimum atomic E-state index is 0.164. The lowest BCUT2D eigenvalue weighted by atomic mass is 9.96. The second-order valence-electron chi connectivity index (χ2n) is 4.40. The fourth-order valence-corrected chi connectivity index (χ4v) is 2.17. The first kappa shape index (κ1) is 12.7. The summed E-state index contributed by atoms with van der Waals surface area (Å²) in [6, 6.07) is 6.32. The maximum Gasteiger partial charge on any atom is 0.0612 e. The molecule has 0 aliphatic carbocycles. The minimum absolute atomic E-state index is 0.164. The largest absolute Gasteiger partial charge is 0.306 e. The SMILES string of the molecule is CCNC(c1cnccc1C)c1cccnc1C. The molecule has 1 unspecified atom stereocenters. The van der Waals surface area contributed by atoms with Gasteiger partial charge < -0.3 is 5.32 Å². The van der Waals surface area contributed by atoms with Crippen LogP contribution in [0.15, 0.2) is 36.8 Å². The van der Waals surface area contributed by atoms with Crippen LogP contribution in [0.3, 0.4) is 0 Å². The molecule has 0 bridgehead atoms. The summed E-state index contributed by atoms with van der Waals surface area (Å²) in [5.74, 6) is 0. The van der Waals surface area contributed by atoms with Crippen molar-refractivity contribution in [2.75, 3.05) is 6.54 Å². The quantitative estimate of drug-likeness (QED) is 0.894. The summed E-state index contributed by atoms with van der Waals surface area (Å²) >= 11 is 0. The minimum Gasteiger partial charge on any atom is -0.306 e. The van der Waals surface area contributed by atoms with Crippen molar-refractivity contribution in [3.8, 4) is 0 Å². The third kappa shape index (κ3) is 2.57. The van der Waals surface area contributed by atoms with Gasteiger partial charge in [0, 0.05) is 24.3 Å². The van der Waals surface area contributed by atoms with Crippen molar-refractivity contribution >= 4 is 0 Å². The predicted octanol–water partition coefficient (Wildman–Crippen LogP) is 2.79. The highest BCUT2D eigenvalue weighted by Crippen LogP contribution is 2.25. The third-order valence-corrected chi connectivity index (χ3v) is 3.16. The summed E-state index contributed by atoms with van der Waals surface area (Å²) in [6.45, 7) is 7.19. The van der Waals surface area contributed by atoms with Crippen molar-refractivity contribution in [1.82, 2.24) is 15.3 Å². The summed E-state index contributed by atoms with van der Waals surface area (Å²) in [5.41, 5.74) is 4.75. The predicted molar refractivity (Wildman–Crippen MR) is 73.5 cm³/mol. The van der Waals surface area contributed by atoms with Crippen LogP contribution in [0.25, 0.3) is 0 Å². The highest BCUT2D eigenvalue weighted by atomic mass is 14.9. The van der Waals surface area contributed by atoms with E-state index in [-0.39, 0.29) is 6.04 Å². The van der Waals surface area contributed by atoms with Crippen LogP contribution in [0.2, 0.25) is 0 Å². The van der Waals surface area contributed by atoms with E-state index in [0.717, 1.165) is 12.2 Å². The lowest BCUT2D eigenvalue weighted by Crippen LogP contribution is -2.24. The van der Waals surface area contributed by atoms with Gasteiger partial charge in [-0.2, -0.15) is 0 Å². The Balaban J connectivity index is 2.47. The molecule has 0 aliphatic rings. The van der Waals surface area contributed by atoms with Crippen LogP contribution in [-0.2, 0) is 0 Å². The van der Waals surface area contributed by atoms with Gasteiger partial charge in [-0.05, 0) is 49.2 Å². The standard InChI is InChI=1S/C15H19N3/c1-4-17-15(13-6-5-8-18-12(13)3)14-10-16-9-7-11(14)2/h5-10,15,17H,4H2,1-3H3. The molecule has 3 heteroatoms. The molecule has 2 heterocycles. The molecule has 3 nitrogen and oxygen atoms in total. The fraction of sp³-hybridized carbons (Fsp3) is 0.333. The maximum absolute atomic E-state index is 4.38. The van der Waals surface area contributed by atoms with Crippen LogP contribution >= 0.6 is 0 Å². The molecule has 18 heavy (non-hydrogen) atoms. The molecule has 0 saturated heterocycles. The van der Waals surface area contributed by atoms with Gasteiger partial charge in [0.1, 0.15) is 0 Å². The molecule has 0 fully saturated rings. The van der Waals surface area contributed by atoms with Crippen molar-refractivity contribution in [3.63, 3.8) is 0 Å². The van der Waals surface area contributed by atoms with Crippen molar-refractivity contribution in [2.24, 2.45) is 0 Å². The van der Waals surface area contributed by atoms with Crippen LogP contribution in [0.4, 0.5) is 0 Å². The van der Waals surface area contributed by atoms with Crippen molar-refractivity contribution < 1.29 is 0 Å². The van der Waals surface area contributed by atoms with Gasteiger partial charge >= 0.3 is 0 Å². The Morgan fingerprint density at radius 3 is 2.67 bits per heavy atom. The average molecular weight is 241 g/mol. The van der Waals surface area contributed by atoms with Crippen LogP contribution < -0.4 is 5.32 Å². The van der Waals surface area contributed by atoms with Crippen LogP contribution in [-0.4, -0.2) is 16.5 Å². The van der Waals surface area contributed by atoms with E-state index < -0.39 is 0 Å². The van der Waals surface area contributed by atoms with Gasteiger partial charge in [-0.25, -0.2) is 0 Å². The normalized spacial score (nSPS) is 12.4. The molecule has 2 aromatic heterocycles. The van der Waals surface area contributed by atoms with Gasteiger partial charge in [0.2, 0.25) is 0 Å². The molecule has 2 rings (SSSR count). The Hall–Kier alpha value is -1.74. The van der Waals surface area contributed by atoms with E-state index in [1.807, 2.05) is 37.6 Å². The molecule has 0 radical (unpaired) electrons. The number of aryl methyl sites for hydroxylation is 2. The van der Waals surface area contributed by atoms with E-state index in [1.165, 1.54) is 16.7 Å². The van der Waals surface area contributed by atoms with Gasteiger partial charge in [0.05, 0.1) is 6.04 Å². The summed E-state index contributed by atoms with van der Waals surface area (Å²) in [5, 5.41) is 3.52. The second-order valence-corrected chi connectivity index (χ2v) is 4.40. The van der Waals surface area contributed by atoms with Gasteiger partial charge in [0.15, 0.2) is 0 Å². The number of hydrogen-bond acceptors (Lipinski definition) is 3. The van der Waals surface area contributed by atoms with Gasteiger partial charge in [-0.3, -0.25) is 9.97 Å². The number of rotatable bonds is 4. The Bertz CT molecular complexity index is 477. The van der Waals surface area contributed by atoms with Crippen molar-refractivity contribution in [3.05, 3.63) is 59.2 Å². The van der Waals surface area contributed by atoms with E-state index in [1.54, 1.807) is 0 Å². The molecular formula is C15H19N3. The zero-order chi connectivity index (χ0) is 13.0. The van der Waals surface area contributed by atoms with E-state index in [4.69, 9.17) is 0 Å². The molecule has 0 saturated carbocycles. The molecule has 94 valence electrons. The topological polar surface area (TPSA) is 37.8 Å². The molecule has 0 aliphatic heterocycles. The first-order valence-corrected chi connectivity index (χ1v) is 6.29. The van der Waals surface area contributed by atoms with E-state index in [9.17, 15) is 0 Å².